The molecule has 0 unspecified atom stereocenters. The fraction of sp³-hybridized carbons (Fsp3) is 0.143. The lowest BCUT2D eigenvalue weighted by Crippen LogP contribution is -2.24. The Hall–Kier alpha value is -1.72. The van der Waals surface area contributed by atoms with Crippen LogP contribution in [0, 0.1) is 0 Å². The monoisotopic (exact) mass is 290 g/mol. The minimum Gasteiger partial charge on any atom is -0.389 e. The number of amides is 1. The molecule has 1 heterocycles. The Balaban J connectivity index is 1.84. The van der Waals surface area contributed by atoms with E-state index in [0.717, 1.165) is 16.0 Å². The number of thiophene rings is 1. The molecular formula is C14H14N2OS2. The molecule has 0 aliphatic heterocycles. The standard InChI is InChI=1S/C14H14N2OS2/c15-14(18)11-5-3-10(4-6-11)9-16-13(17)8-12-2-1-7-19-12/h1-7H,8-9H2,(H2,15,18)(H,16,17). The van der Waals surface area contributed by atoms with E-state index in [9.17, 15) is 4.79 Å². The van der Waals surface area contributed by atoms with Gasteiger partial charge in [-0.25, -0.2) is 0 Å². The smallest absolute Gasteiger partial charge is 0.225 e. The van der Waals surface area contributed by atoms with E-state index in [1.54, 1.807) is 11.3 Å². The lowest BCUT2D eigenvalue weighted by atomic mass is 10.1. The highest BCUT2D eigenvalue weighted by Crippen LogP contribution is 2.09. The van der Waals surface area contributed by atoms with Crippen LogP contribution >= 0.6 is 23.6 Å². The Labute approximate surface area is 121 Å². The quantitative estimate of drug-likeness (QED) is 0.830. The molecule has 3 N–H and O–H groups in total. The first-order valence-corrected chi connectivity index (χ1v) is 7.12. The first-order chi connectivity index (χ1) is 9.15. The lowest BCUT2D eigenvalue weighted by Gasteiger charge is -2.05. The van der Waals surface area contributed by atoms with Crippen molar-refractivity contribution in [1.29, 1.82) is 0 Å². The molecule has 0 atom stereocenters. The van der Waals surface area contributed by atoms with E-state index < -0.39 is 0 Å². The third-order valence-corrected chi connectivity index (χ3v) is 3.76. The number of hydrogen-bond acceptors (Lipinski definition) is 3. The number of nitrogens with two attached hydrogens (primary N) is 1. The van der Waals surface area contributed by atoms with E-state index >= 15 is 0 Å². The highest BCUT2D eigenvalue weighted by Gasteiger charge is 2.04. The molecule has 5 heteroatoms. The zero-order valence-corrected chi connectivity index (χ0v) is 11.9. The van der Waals surface area contributed by atoms with Crippen LogP contribution in [0.4, 0.5) is 0 Å². The molecule has 0 fully saturated rings. The molecule has 0 spiro atoms. The second-order valence-electron chi connectivity index (χ2n) is 4.09. The summed E-state index contributed by atoms with van der Waals surface area (Å²) in [6, 6.07) is 11.5. The highest BCUT2D eigenvalue weighted by molar-refractivity contribution is 7.80. The number of rotatable bonds is 5. The maximum atomic E-state index is 11.7. The number of carbonyl (C=O) groups is 1. The number of hydrogen-bond donors (Lipinski definition) is 2. The Kier molecular flexibility index (Phi) is 4.65. The summed E-state index contributed by atoms with van der Waals surface area (Å²) in [7, 11) is 0. The van der Waals surface area contributed by atoms with Crippen LogP contribution in [0.15, 0.2) is 41.8 Å². The first kappa shape index (κ1) is 13.7. The van der Waals surface area contributed by atoms with Crippen molar-refractivity contribution in [1.82, 2.24) is 5.32 Å². The average Bonchev–Trinajstić information content (AvgIpc) is 2.89. The summed E-state index contributed by atoms with van der Waals surface area (Å²) in [4.78, 5) is 13.2. The largest absolute Gasteiger partial charge is 0.389 e. The fourth-order valence-corrected chi connectivity index (χ4v) is 2.46. The molecule has 0 radical (unpaired) electrons. The van der Waals surface area contributed by atoms with Crippen molar-refractivity contribution < 1.29 is 4.79 Å². The van der Waals surface area contributed by atoms with Crippen LogP contribution in [-0.4, -0.2) is 10.9 Å². The van der Waals surface area contributed by atoms with Gasteiger partial charge in [0.25, 0.3) is 0 Å². The molecule has 19 heavy (non-hydrogen) atoms. The van der Waals surface area contributed by atoms with Crippen molar-refractivity contribution in [2.75, 3.05) is 0 Å². The number of nitrogens with one attached hydrogen (secondary N) is 1. The van der Waals surface area contributed by atoms with Crippen LogP contribution in [0.5, 0.6) is 0 Å². The highest BCUT2D eigenvalue weighted by atomic mass is 32.1. The Bertz CT molecular complexity index is 562. The topological polar surface area (TPSA) is 55.1 Å². The van der Waals surface area contributed by atoms with Crippen LogP contribution in [0.3, 0.4) is 0 Å². The molecule has 98 valence electrons. The molecule has 1 aromatic heterocycles. The molecule has 2 aromatic rings. The molecule has 1 aromatic carbocycles. The van der Waals surface area contributed by atoms with E-state index in [-0.39, 0.29) is 5.91 Å². The van der Waals surface area contributed by atoms with Crippen molar-refractivity contribution in [2.45, 2.75) is 13.0 Å². The zero-order chi connectivity index (χ0) is 13.7. The summed E-state index contributed by atoms with van der Waals surface area (Å²) >= 11 is 6.47. The van der Waals surface area contributed by atoms with Crippen molar-refractivity contribution >= 4 is 34.5 Å². The van der Waals surface area contributed by atoms with Gasteiger partial charge in [-0.15, -0.1) is 11.3 Å². The third kappa shape index (κ3) is 4.15. The van der Waals surface area contributed by atoms with Crippen LogP contribution in [-0.2, 0) is 17.8 Å². The Morgan fingerprint density at radius 2 is 2.00 bits per heavy atom. The second kappa shape index (κ2) is 6.45. The van der Waals surface area contributed by atoms with Gasteiger partial charge < -0.3 is 11.1 Å². The molecule has 3 nitrogen and oxygen atoms in total. The molecule has 0 saturated carbocycles. The van der Waals surface area contributed by atoms with Crippen LogP contribution in [0.25, 0.3) is 0 Å². The average molecular weight is 290 g/mol. The van der Waals surface area contributed by atoms with Crippen LogP contribution in [0.2, 0.25) is 0 Å². The maximum Gasteiger partial charge on any atom is 0.225 e. The molecule has 1 amide bonds. The van der Waals surface area contributed by atoms with Gasteiger partial charge in [0, 0.05) is 17.0 Å². The maximum absolute atomic E-state index is 11.7. The normalized spacial score (nSPS) is 10.1. The fourth-order valence-electron chi connectivity index (χ4n) is 1.62. The van der Waals surface area contributed by atoms with Gasteiger partial charge in [0.15, 0.2) is 0 Å². The predicted molar refractivity (Wildman–Crippen MR) is 82.2 cm³/mol. The van der Waals surface area contributed by atoms with E-state index in [1.165, 1.54) is 0 Å². The third-order valence-electron chi connectivity index (χ3n) is 2.64. The summed E-state index contributed by atoms with van der Waals surface area (Å²) in [6.07, 6.45) is 0.433. The van der Waals surface area contributed by atoms with Crippen molar-refractivity contribution in [3.05, 3.63) is 57.8 Å². The molecule has 0 aliphatic carbocycles. The van der Waals surface area contributed by atoms with E-state index in [4.69, 9.17) is 18.0 Å². The SMILES string of the molecule is NC(=S)c1ccc(CNC(=O)Cc2cccs2)cc1. The van der Waals surface area contributed by atoms with Crippen molar-refractivity contribution in [2.24, 2.45) is 5.73 Å². The van der Waals surface area contributed by atoms with Gasteiger partial charge in [0.05, 0.1) is 6.42 Å². The van der Waals surface area contributed by atoms with E-state index in [1.807, 2.05) is 41.8 Å². The van der Waals surface area contributed by atoms with E-state index in [2.05, 4.69) is 5.32 Å². The summed E-state index contributed by atoms with van der Waals surface area (Å²) in [5.74, 6) is 0.0286. The van der Waals surface area contributed by atoms with E-state index in [0.29, 0.717) is 18.0 Å². The Morgan fingerprint density at radius 3 is 2.58 bits per heavy atom. The van der Waals surface area contributed by atoms with Gasteiger partial charge in [0.1, 0.15) is 4.99 Å². The number of thiocarbonyl (C=S) groups is 1. The second-order valence-corrected chi connectivity index (χ2v) is 5.57. The van der Waals surface area contributed by atoms with Crippen LogP contribution in [0.1, 0.15) is 16.0 Å². The number of benzene rings is 1. The van der Waals surface area contributed by atoms with Gasteiger partial charge >= 0.3 is 0 Å². The summed E-state index contributed by atoms with van der Waals surface area (Å²) in [5, 5.41) is 4.86. The minimum absolute atomic E-state index is 0.0286. The molecule has 0 saturated heterocycles. The lowest BCUT2D eigenvalue weighted by molar-refractivity contribution is -0.120. The molecule has 2 rings (SSSR count). The van der Waals surface area contributed by atoms with Gasteiger partial charge in [0.2, 0.25) is 5.91 Å². The summed E-state index contributed by atoms with van der Waals surface area (Å²) < 4.78 is 0. The van der Waals surface area contributed by atoms with Gasteiger partial charge in [-0.3, -0.25) is 4.79 Å². The van der Waals surface area contributed by atoms with Crippen molar-refractivity contribution in [3.8, 4) is 0 Å². The van der Waals surface area contributed by atoms with Gasteiger partial charge in [-0.05, 0) is 17.0 Å². The van der Waals surface area contributed by atoms with Gasteiger partial charge in [-0.1, -0.05) is 42.5 Å². The first-order valence-electron chi connectivity index (χ1n) is 5.83. The Morgan fingerprint density at radius 1 is 1.26 bits per heavy atom. The van der Waals surface area contributed by atoms with Crippen LogP contribution < -0.4 is 11.1 Å². The number of carbonyl (C=O) groups excluding carboxylic acids is 1. The van der Waals surface area contributed by atoms with Gasteiger partial charge in [-0.2, -0.15) is 0 Å². The zero-order valence-electron chi connectivity index (χ0n) is 10.3. The summed E-state index contributed by atoms with van der Waals surface area (Å²) in [6.45, 7) is 0.516. The minimum atomic E-state index is 0.0286. The molecular weight excluding hydrogens is 276 g/mol. The predicted octanol–water partition coefficient (Wildman–Crippen LogP) is 2.24. The molecule has 0 bridgehead atoms. The summed E-state index contributed by atoms with van der Waals surface area (Å²) in [5.41, 5.74) is 7.39. The van der Waals surface area contributed by atoms with Crippen molar-refractivity contribution in [3.63, 3.8) is 0 Å². The molecule has 0 aliphatic rings.